The van der Waals surface area contributed by atoms with Crippen LogP contribution in [0.3, 0.4) is 0 Å². The number of amides is 3. The van der Waals surface area contributed by atoms with E-state index in [4.69, 9.17) is 11.6 Å². The Morgan fingerprint density at radius 1 is 1.12 bits per heavy atom. The van der Waals surface area contributed by atoms with Crippen LogP contribution >= 0.6 is 27.5 Å². The van der Waals surface area contributed by atoms with E-state index in [1.54, 1.807) is 36.4 Å². The first-order valence-electron chi connectivity index (χ1n) is 7.52. The Morgan fingerprint density at radius 3 is 2.40 bits per heavy atom. The van der Waals surface area contributed by atoms with Gasteiger partial charge < -0.3 is 16.0 Å². The van der Waals surface area contributed by atoms with Gasteiger partial charge >= 0.3 is 6.03 Å². The minimum atomic E-state index is -0.664. The van der Waals surface area contributed by atoms with E-state index in [1.165, 1.54) is 0 Å². The number of carbonyl (C=O) groups excluding carboxylic acids is 2. The van der Waals surface area contributed by atoms with Gasteiger partial charge in [-0.05, 0) is 42.0 Å². The molecule has 2 aromatic carbocycles. The predicted octanol–water partition coefficient (Wildman–Crippen LogP) is 4.23. The molecule has 3 N–H and O–H groups in total. The number of urea groups is 1. The van der Waals surface area contributed by atoms with E-state index >= 15 is 0 Å². The number of nitrogens with one attached hydrogen (secondary N) is 3. The zero-order valence-corrected chi connectivity index (χ0v) is 15.4. The van der Waals surface area contributed by atoms with Crippen LogP contribution < -0.4 is 16.0 Å². The van der Waals surface area contributed by atoms with Crippen molar-refractivity contribution in [2.24, 2.45) is 5.92 Å². The Bertz CT molecular complexity index is 821. The highest BCUT2D eigenvalue weighted by Crippen LogP contribution is 2.31. The van der Waals surface area contributed by atoms with E-state index in [0.717, 1.165) is 10.0 Å². The third kappa shape index (κ3) is 4.03. The average Bonchev–Trinajstić information content (AvgIpc) is 2.57. The molecule has 2 atom stereocenters. The molecule has 3 rings (SSSR count). The highest BCUT2D eigenvalue weighted by atomic mass is 79.9. The van der Waals surface area contributed by atoms with Gasteiger partial charge in [0.05, 0.1) is 6.04 Å². The molecule has 1 fully saturated rings. The van der Waals surface area contributed by atoms with Gasteiger partial charge in [-0.2, -0.15) is 0 Å². The van der Waals surface area contributed by atoms with Crippen LogP contribution in [0.4, 0.5) is 10.5 Å². The summed E-state index contributed by atoms with van der Waals surface area (Å²) in [6.07, 6.45) is 0. The van der Waals surface area contributed by atoms with Crippen LogP contribution in [0.5, 0.6) is 0 Å². The van der Waals surface area contributed by atoms with E-state index in [0.29, 0.717) is 16.4 Å². The highest BCUT2D eigenvalue weighted by Gasteiger charge is 2.37. The Kier molecular flexibility index (Phi) is 5.11. The molecular formula is C18H15BrClN3O2. The lowest BCUT2D eigenvalue weighted by atomic mass is 9.88. The SMILES string of the molecule is C=C1NC(=O)NC(c2ccc(Cl)cc2)C1C(=O)Nc1ccc(Br)cc1. The summed E-state index contributed by atoms with van der Waals surface area (Å²) in [5.41, 5.74) is 1.78. The molecule has 5 nitrogen and oxygen atoms in total. The normalized spacial score (nSPS) is 19.8. The minimum absolute atomic E-state index is 0.264. The fourth-order valence-corrected chi connectivity index (χ4v) is 3.08. The van der Waals surface area contributed by atoms with Gasteiger partial charge in [0.2, 0.25) is 5.91 Å². The molecule has 1 aliphatic rings. The van der Waals surface area contributed by atoms with Gasteiger partial charge in [-0.15, -0.1) is 0 Å². The summed E-state index contributed by atoms with van der Waals surface area (Å²) in [5, 5.41) is 8.80. The molecule has 2 aromatic rings. The van der Waals surface area contributed by atoms with Crippen LogP contribution in [0.2, 0.25) is 5.02 Å². The molecule has 2 unspecified atom stereocenters. The van der Waals surface area contributed by atoms with Crippen molar-refractivity contribution in [3.8, 4) is 0 Å². The first-order valence-corrected chi connectivity index (χ1v) is 8.69. The summed E-state index contributed by atoms with van der Waals surface area (Å²) in [6, 6.07) is 13.3. The van der Waals surface area contributed by atoms with Gasteiger partial charge in [0.15, 0.2) is 0 Å². The monoisotopic (exact) mass is 419 g/mol. The molecule has 0 saturated carbocycles. The number of carbonyl (C=O) groups is 2. The molecule has 7 heteroatoms. The molecule has 0 spiro atoms. The van der Waals surface area contributed by atoms with Crippen molar-refractivity contribution >= 4 is 45.2 Å². The van der Waals surface area contributed by atoms with Crippen LogP contribution in [-0.2, 0) is 4.79 Å². The van der Waals surface area contributed by atoms with Gasteiger partial charge in [0, 0.05) is 20.9 Å². The van der Waals surface area contributed by atoms with E-state index in [2.05, 4.69) is 38.5 Å². The van der Waals surface area contributed by atoms with Gasteiger partial charge in [0.1, 0.15) is 5.92 Å². The van der Waals surface area contributed by atoms with Crippen LogP contribution in [0.25, 0.3) is 0 Å². The molecule has 0 aliphatic carbocycles. The lowest BCUT2D eigenvalue weighted by molar-refractivity contribution is -0.119. The lowest BCUT2D eigenvalue weighted by Crippen LogP contribution is -2.51. The van der Waals surface area contributed by atoms with E-state index in [-0.39, 0.29) is 5.91 Å². The number of hydrogen-bond donors (Lipinski definition) is 3. The fourth-order valence-electron chi connectivity index (χ4n) is 2.69. The Labute approximate surface area is 158 Å². The van der Waals surface area contributed by atoms with E-state index in [1.807, 2.05) is 12.1 Å². The van der Waals surface area contributed by atoms with Crippen molar-refractivity contribution in [2.45, 2.75) is 6.04 Å². The number of halogens is 2. The second-order valence-corrected chi connectivity index (χ2v) is 6.98. The van der Waals surface area contributed by atoms with Crippen molar-refractivity contribution in [3.05, 3.63) is 75.9 Å². The quantitative estimate of drug-likeness (QED) is 0.695. The van der Waals surface area contributed by atoms with Crippen molar-refractivity contribution in [2.75, 3.05) is 5.32 Å². The van der Waals surface area contributed by atoms with Crippen molar-refractivity contribution in [3.63, 3.8) is 0 Å². The summed E-state index contributed by atoms with van der Waals surface area (Å²) in [4.78, 5) is 24.7. The number of rotatable bonds is 3. The maximum absolute atomic E-state index is 12.8. The second-order valence-electron chi connectivity index (χ2n) is 5.63. The predicted molar refractivity (Wildman–Crippen MR) is 101 cm³/mol. The third-order valence-electron chi connectivity index (χ3n) is 3.89. The standard InChI is InChI=1S/C18H15BrClN3O2/c1-10-15(17(24)22-14-8-4-12(19)5-9-14)16(23-18(25)21-10)11-2-6-13(20)7-3-11/h2-9,15-16H,1H2,(H,22,24)(H2,21,23,25). The number of anilines is 1. The number of benzene rings is 2. The molecule has 0 aromatic heterocycles. The number of hydrogen-bond acceptors (Lipinski definition) is 2. The topological polar surface area (TPSA) is 70.2 Å². The minimum Gasteiger partial charge on any atom is -0.330 e. The first kappa shape index (κ1) is 17.5. The van der Waals surface area contributed by atoms with Crippen LogP contribution in [0.1, 0.15) is 11.6 Å². The molecule has 1 aliphatic heterocycles. The molecule has 128 valence electrons. The molecule has 0 bridgehead atoms. The zero-order chi connectivity index (χ0) is 18.0. The van der Waals surface area contributed by atoms with E-state index in [9.17, 15) is 9.59 Å². The molecule has 0 radical (unpaired) electrons. The zero-order valence-electron chi connectivity index (χ0n) is 13.1. The Hall–Kier alpha value is -2.31. The molecule has 1 heterocycles. The molecule has 1 saturated heterocycles. The van der Waals surface area contributed by atoms with Crippen LogP contribution in [-0.4, -0.2) is 11.9 Å². The smallest absolute Gasteiger partial charge is 0.319 e. The first-order chi connectivity index (χ1) is 11.9. The van der Waals surface area contributed by atoms with Crippen molar-refractivity contribution in [1.29, 1.82) is 0 Å². The average molecular weight is 421 g/mol. The molecule has 25 heavy (non-hydrogen) atoms. The summed E-state index contributed by atoms with van der Waals surface area (Å²) in [5.74, 6) is -0.928. The van der Waals surface area contributed by atoms with Gasteiger partial charge in [-0.25, -0.2) is 4.79 Å². The summed E-state index contributed by atoms with van der Waals surface area (Å²) in [7, 11) is 0. The second kappa shape index (κ2) is 7.29. The van der Waals surface area contributed by atoms with Gasteiger partial charge in [0.25, 0.3) is 0 Å². The summed E-state index contributed by atoms with van der Waals surface area (Å²) >= 11 is 9.28. The van der Waals surface area contributed by atoms with E-state index < -0.39 is 18.0 Å². The maximum Gasteiger partial charge on any atom is 0.319 e. The largest absolute Gasteiger partial charge is 0.330 e. The van der Waals surface area contributed by atoms with Crippen LogP contribution in [0.15, 0.2) is 65.3 Å². The van der Waals surface area contributed by atoms with Crippen LogP contribution in [0, 0.1) is 5.92 Å². The highest BCUT2D eigenvalue weighted by molar-refractivity contribution is 9.10. The van der Waals surface area contributed by atoms with Gasteiger partial charge in [-0.1, -0.05) is 46.2 Å². The summed E-state index contributed by atoms with van der Waals surface area (Å²) in [6.45, 7) is 3.85. The fraction of sp³-hybridized carbons (Fsp3) is 0.111. The molecular weight excluding hydrogens is 406 g/mol. The summed E-state index contributed by atoms with van der Waals surface area (Å²) < 4.78 is 0.917. The third-order valence-corrected chi connectivity index (χ3v) is 4.67. The van der Waals surface area contributed by atoms with Crippen molar-refractivity contribution < 1.29 is 9.59 Å². The lowest BCUT2D eigenvalue weighted by Gasteiger charge is -2.33. The molecule has 3 amide bonds. The maximum atomic E-state index is 12.8. The van der Waals surface area contributed by atoms with Gasteiger partial charge in [-0.3, -0.25) is 4.79 Å². The Balaban J connectivity index is 1.87. The Morgan fingerprint density at radius 2 is 1.76 bits per heavy atom. The van der Waals surface area contributed by atoms with Crippen molar-refractivity contribution in [1.82, 2.24) is 10.6 Å².